The molecule has 0 aliphatic heterocycles. The first-order chi connectivity index (χ1) is 7.88. The highest BCUT2D eigenvalue weighted by atomic mass is 32.2. The number of furan rings is 1. The second-order valence-corrected chi connectivity index (χ2v) is 4.43. The van der Waals surface area contributed by atoms with Crippen molar-refractivity contribution in [2.45, 2.75) is 12.3 Å². The van der Waals surface area contributed by atoms with Gasteiger partial charge < -0.3 is 9.73 Å². The molecule has 0 fully saturated rings. The lowest BCUT2D eigenvalue weighted by molar-refractivity contribution is 0.518. The van der Waals surface area contributed by atoms with E-state index in [-0.39, 0.29) is 0 Å². The van der Waals surface area contributed by atoms with E-state index >= 15 is 0 Å². The summed E-state index contributed by atoms with van der Waals surface area (Å²) in [5, 5.41) is 3.32. The molecule has 0 radical (unpaired) electrons. The van der Waals surface area contributed by atoms with E-state index in [4.69, 9.17) is 4.42 Å². The Morgan fingerprint density at radius 1 is 1.19 bits per heavy atom. The second-order valence-electron chi connectivity index (χ2n) is 3.56. The zero-order valence-corrected chi connectivity index (χ0v) is 10.1. The first-order valence-corrected chi connectivity index (χ1v) is 6.62. The third kappa shape index (κ3) is 3.07. The molecule has 0 saturated carbocycles. The smallest absolute Gasteiger partial charge is 0.122 e. The molecule has 0 amide bonds. The van der Waals surface area contributed by atoms with Crippen molar-refractivity contribution in [2.24, 2.45) is 0 Å². The lowest BCUT2D eigenvalue weighted by Crippen LogP contribution is -1.97. The van der Waals surface area contributed by atoms with E-state index in [1.54, 1.807) is 6.26 Å². The van der Waals surface area contributed by atoms with Crippen molar-refractivity contribution in [1.82, 2.24) is 0 Å². The Morgan fingerprint density at radius 2 is 2.00 bits per heavy atom. The summed E-state index contributed by atoms with van der Waals surface area (Å²) in [5.74, 6) is 2.02. The molecule has 1 aromatic carbocycles. The minimum atomic E-state index is 0.731. The highest BCUT2D eigenvalue weighted by molar-refractivity contribution is 7.97. The summed E-state index contributed by atoms with van der Waals surface area (Å²) >= 11 is 1.84. The lowest BCUT2D eigenvalue weighted by atomic mass is 10.2. The van der Waals surface area contributed by atoms with Crippen LogP contribution in [0.4, 0.5) is 5.69 Å². The molecule has 1 heterocycles. The summed E-state index contributed by atoms with van der Waals surface area (Å²) in [6, 6.07) is 12.4. The number of nitrogens with one attached hydrogen (secondary N) is 1. The summed E-state index contributed by atoms with van der Waals surface area (Å²) in [6.07, 6.45) is 3.81. The molecule has 2 rings (SSSR count). The van der Waals surface area contributed by atoms with Crippen LogP contribution in [0.1, 0.15) is 11.3 Å². The average molecular weight is 233 g/mol. The second kappa shape index (κ2) is 5.66. The van der Waals surface area contributed by atoms with Gasteiger partial charge >= 0.3 is 0 Å². The first-order valence-electron chi connectivity index (χ1n) is 5.22. The Morgan fingerprint density at radius 3 is 2.62 bits per heavy atom. The van der Waals surface area contributed by atoms with E-state index in [0.717, 1.165) is 23.7 Å². The lowest BCUT2D eigenvalue weighted by Gasteiger charge is -2.05. The summed E-state index contributed by atoms with van der Waals surface area (Å²) in [5.41, 5.74) is 2.48. The molecule has 1 aromatic heterocycles. The number of hydrogen-bond donors (Lipinski definition) is 1. The van der Waals surface area contributed by atoms with Crippen molar-refractivity contribution in [3.8, 4) is 0 Å². The van der Waals surface area contributed by atoms with E-state index in [2.05, 4.69) is 35.8 Å². The maximum absolute atomic E-state index is 5.25. The summed E-state index contributed by atoms with van der Waals surface area (Å²) in [4.78, 5) is 0. The Hall–Kier alpha value is -1.35. The van der Waals surface area contributed by atoms with Gasteiger partial charge in [-0.15, -0.1) is 0 Å². The van der Waals surface area contributed by atoms with Gasteiger partial charge in [-0.25, -0.2) is 0 Å². The molecule has 0 aliphatic rings. The predicted octanol–water partition coefficient (Wildman–Crippen LogP) is 3.75. The van der Waals surface area contributed by atoms with Crippen LogP contribution in [0.5, 0.6) is 0 Å². The number of rotatable bonds is 5. The molecule has 3 heteroatoms. The van der Waals surface area contributed by atoms with Crippen molar-refractivity contribution < 1.29 is 4.42 Å². The van der Waals surface area contributed by atoms with Gasteiger partial charge in [0, 0.05) is 11.4 Å². The highest BCUT2D eigenvalue weighted by Crippen LogP contribution is 2.14. The van der Waals surface area contributed by atoms with Crippen molar-refractivity contribution in [2.75, 3.05) is 11.6 Å². The van der Waals surface area contributed by atoms with E-state index in [0.29, 0.717) is 0 Å². The van der Waals surface area contributed by atoms with E-state index in [1.807, 2.05) is 23.9 Å². The molecule has 0 aliphatic carbocycles. The van der Waals surface area contributed by atoms with Gasteiger partial charge in [0.05, 0.1) is 12.8 Å². The normalized spacial score (nSPS) is 10.3. The Kier molecular flexibility index (Phi) is 3.94. The minimum absolute atomic E-state index is 0.731. The summed E-state index contributed by atoms with van der Waals surface area (Å²) < 4.78 is 5.25. The van der Waals surface area contributed by atoms with Gasteiger partial charge in [-0.1, -0.05) is 12.1 Å². The number of thioether (sulfide) groups is 1. The van der Waals surface area contributed by atoms with Gasteiger partial charge in [-0.2, -0.15) is 11.8 Å². The Bertz CT molecular complexity index is 408. The average Bonchev–Trinajstić information content (AvgIpc) is 2.82. The summed E-state index contributed by atoms with van der Waals surface area (Å²) in [7, 11) is 0. The van der Waals surface area contributed by atoms with E-state index < -0.39 is 0 Å². The maximum atomic E-state index is 5.25. The SMILES string of the molecule is CSCc1ccc(NCc2ccco2)cc1. The van der Waals surface area contributed by atoms with Crippen molar-refractivity contribution in [1.29, 1.82) is 0 Å². The molecule has 2 aromatic rings. The van der Waals surface area contributed by atoms with Crippen LogP contribution in [0, 0.1) is 0 Å². The minimum Gasteiger partial charge on any atom is -0.467 e. The van der Waals surface area contributed by atoms with Gasteiger partial charge in [0.2, 0.25) is 0 Å². The van der Waals surface area contributed by atoms with Gasteiger partial charge in [0.25, 0.3) is 0 Å². The molecule has 0 saturated heterocycles. The number of benzene rings is 1. The third-order valence-corrected chi connectivity index (χ3v) is 2.93. The van der Waals surface area contributed by atoms with Crippen LogP contribution in [0.3, 0.4) is 0 Å². The summed E-state index contributed by atoms with van der Waals surface area (Å²) in [6.45, 7) is 0.731. The molecule has 0 spiro atoms. The standard InChI is InChI=1S/C13H15NOS/c1-16-10-11-4-6-12(7-5-11)14-9-13-3-2-8-15-13/h2-8,14H,9-10H2,1H3. The fourth-order valence-electron chi connectivity index (χ4n) is 1.49. The van der Waals surface area contributed by atoms with Crippen LogP contribution in [0.2, 0.25) is 0 Å². The zero-order valence-electron chi connectivity index (χ0n) is 9.27. The van der Waals surface area contributed by atoms with Crippen molar-refractivity contribution >= 4 is 17.4 Å². The fraction of sp³-hybridized carbons (Fsp3) is 0.231. The van der Waals surface area contributed by atoms with Crippen LogP contribution < -0.4 is 5.32 Å². The van der Waals surface area contributed by atoms with Gasteiger partial charge in [-0.3, -0.25) is 0 Å². The Balaban J connectivity index is 1.90. The molecular weight excluding hydrogens is 218 g/mol. The van der Waals surface area contributed by atoms with Crippen LogP contribution in [-0.4, -0.2) is 6.26 Å². The molecule has 0 unspecified atom stereocenters. The fourth-order valence-corrected chi connectivity index (χ4v) is 2.01. The maximum Gasteiger partial charge on any atom is 0.122 e. The molecular formula is C13H15NOS. The molecule has 16 heavy (non-hydrogen) atoms. The monoisotopic (exact) mass is 233 g/mol. The Labute approximate surface area is 100 Å². The number of anilines is 1. The molecule has 0 atom stereocenters. The van der Waals surface area contributed by atoms with Crippen molar-refractivity contribution in [3.63, 3.8) is 0 Å². The largest absolute Gasteiger partial charge is 0.467 e. The zero-order chi connectivity index (χ0) is 11.2. The predicted molar refractivity (Wildman–Crippen MR) is 69.7 cm³/mol. The molecule has 84 valence electrons. The van der Waals surface area contributed by atoms with Gasteiger partial charge in [0.1, 0.15) is 5.76 Å². The van der Waals surface area contributed by atoms with E-state index in [1.165, 1.54) is 5.56 Å². The number of hydrogen-bond acceptors (Lipinski definition) is 3. The van der Waals surface area contributed by atoms with Crippen LogP contribution in [0.25, 0.3) is 0 Å². The molecule has 2 nitrogen and oxygen atoms in total. The van der Waals surface area contributed by atoms with Crippen LogP contribution >= 0.6 is 11.8 Å². The highest BCUT2D eigenvalue weighted by Gasteiger charge is 1.96. The molecule has 0 bridgehead atoms. The van der Waals surface area contributed by atoms with Gasteiger partial charge in [0.15, 0.2) is 0 Å². The van der Waals surface area contributed by atoms with E-state index in [9.17, 15) is 0 Å². The molecule has 1 N–H and O–H groups in total. The topological polar surface area (TPSA) is 25.2 Å². The van der Waals surface area contributed by atoms with Crippen LogP contribution in [0.15, 0.2) is 47.1 Å². The van der Waals surface area contributed by atoms with Crippen molar-refractivity contribution in [3.05, 3.63) is 54.0 Å². The first kappa shape index (κ1) is 11.1. The van der Waals surface area contributed by atoms with Crippen LogP contribution in [-0.2, 0) is 12.3 Å². The third-order valence-electron chi connectivity index (χ3n) is 2.31. The van der Waals surface area contributed by atoms with Gasteiger partial charge in [-0.05, 0) is 36.1 Å². The quantitative estimate of drug-likeness (QED) is 0.851.